The molecular formula is C13H15N3OS. The van der Waals surface area contributed by atoms with Gasteiger partial charge in [0.05, 0.1) is 6.54 Å². The summed E-state index contributed by atoms with van der Waals surface area (Å²) in [6, 6.07) is 5.57. The van der Waals surface area contributed by atoms with Crippen molar-refractivity contribution in [2.45, 2.75) is 20.0 Å². The molecule has 0 saturated heterocycles. The number of nitrogens with two attached hydrogens (primary N) is 1. The van der Waals surface area contributed by atoms with Crippen LogP contribution in [0, 0.1) is 6.92 Å². The minimum atomic E-state index is -0.168. The number of carbonyl (C=O) groups excluding carboxylic acids is 1. The third kappa shape index (κ3) is 2.94. The summed E-state index contributed by atoms with van der Waals surface area (Å²) in [5.41, 5.74) is 8.04. The maximum absolute atomic E-state index is 11.9. The Bertz CT molecular complexity index is 551. The Morgan fingerprint density at radius 1 is 1.50 bits per heavy atom. The van der Waals surface area contributed by atoms with Crippen LogP contribution in [-0.2, 0) is 13.1 Å². The summed E-state index contributed by atoms with van der Waals surface area (Å²) in [5, 5.41) is 4.88. The summed E-state index contributed by atoms with van der Waals surface area (Å²) in [5.74, 6) is -0.168. The Balaban J connectivity index is 2.01. The first-order chi connectivity index (χ1) is 8.70. The number of rotatable bonds is 4. The molecule has 2 rings (SSSR count). The second-order valence-electron chi connectivity index (χ2n) is 3.96. The molecule has 2 aromatic heterocycles. The number of amides is 1. The summed E-state index contributed by atoms with van der Waals surface area (Å²) < 4.78 is 0. The number of thiophene rings is 1. The van der Waals surface area contributed by atoms with Crippen LogP contribution in [0.1, 0.15) is 26.5 Å². The van der Waals surface area contributed by atoms with Crippen molar-refractivity contribution in [2.24, 2.45) is 5.73 Å². The van der Waals surface area contributed by atoms with Crippen molar-refractivity contribution in [3.8, 4) is 0 Å². The molecule has 94 valence electrons. The van der Waals surface area contributed by atoms with Gasteiger partial charge in [-0.3, -0.25) is 9.78 Å². The molecule has 2 aromatic rings. The molecule has 0 unspecified atom stereocenters. The SMILES string of the molecule is Cc1ccsc1CNC(=O)c1cc(CN)ccn1. The van der Waals surface area contributed by atoms with Crippen LogP contribution in [0.5, 0.6) is 0 Å². The Morgan fingerprint density at radius 3 is 3.00 bits per heavy atom. The standard InChI is InChI=1S/C13H15N3OS/c1-9-3-5-18-12(9)8-16-13(17)11-6-10(7-14)2-4-15-11/h2-6H,7-8,14H2,1H3,(H,16,17). The van der Waals surface area contributed by atoms with E-state index in [1.165, 1.54) is 10.4 Å². The van der Waals surface area contributed by atoms with Gasteiger partial charge < -0.3 is 11.1 Å². The minimum Gasteiger partial charge on any atom is -0.346 e. The molecule has 0 fully saturated rings. The van der Waals surface area contributed by atoms with Crippen LogP contribution in [0.15, 0.2) is 29.8 Å². The summed E-state index contributed by atoms with van der Waals surface area (Å²) >= 11 is 1.64. The Kier molecular flexibility index (Phi) is 4.07. The van der Waals surface area contributed by atoms with Gasteiger partial charge in [-0.15, -0.1) is 11.3 Å². The average molecular weight is 261 g/mol. The van der Waals surface area contributed by atoms with Crippen LogP contribution in [0.2, 0.25) is 0 Å². The third-order valence-electron chi connectivity index (χ3n) is 2.67. The highest BCUT2D eigenvalue weighted by atomic mass is 32.1. The molecule has 1 amide bonds. The molecule has 3 N–H and O–H groups in total. The van der Waals surface area contributed by atoms with Crippen LogP contribution >= 0.6 is 11.3 Å². The highest BCUT2D eigenvalue weighted by Gasteiger charge is 2.08. The molecule has 5 heteroatoms. The molecule has 0 saturated carbocycles. The van der Waals surface area contributed by atoms with Gasteiger partial charge in [0.15, 0.2) is 0 Å². The predicted octanol–water partition coefficient (Wildman–Crippen LogP) is 1.84. The lowest BCUT2D eigenvalue weighted by molar-refractivity contribution is 0.0946. The Hall–Kier alpha value is -1.72. The molecular weight excluding hydrogens is 246 g/mol. The van der Waals surface area contributed by atoms with E-state index in [0.717, 1.165) is 5.56 Å². The fourth-order valence-corrected chi connectivity index (χ4v) is 2.41. The van der Waals surface area contributed by atoms with Gasteiger partial charge in [-0.1, -0.05) is 0 Å². The Labute approximate surface area is 110 Å². The molecule has 2 heterocycles. The molecule has 0 atom stereocenters. The second kappa shape index (κ2) is 5.75. The highest BCUT2D eigenvalue weighted by Crippen LogP contribution is 2.15. The van der Waals surface area contributed by atoms with Gasteiger partial charge >= 0.3 is 0 Å². The highest BCUT2D eigenvalue weighted by molar-refractivity contribution is 7.10. The number of nitrogens with zero attached hydrogens (tertiary/aromatic N) is 1. The van der Waals surface area contributed by atoms with Crippen molar-refractivity contribution in [1.29, 1.82) is 0 Å². The van der Waals surface area contributed by atoms with Gasteiger partial charge in [0, 0.05) is 17.6 Å². The van der Waals surface area contributed by atoms with Crippen LogP contribution in [0.4, 0.5) is 0 Å². The third-order valence-corrected chi connectivity index (χ3v) is 3.69. The van der Waals surface area contributed by atoms with Crippen molar-refractivity contribution in [3.05, 3.63) is 51.5 Å². The van der Waals surface area contributed by atoms with Gasteiger partial charge in [0.25, 0.3) is 5.91 Å². The molecule has 0 aliphatic rings. The van der Waals surface area contributed by atoms with E-state index in [-0.39, 0.29) is 5.91 Å². The fourth-order valence-electron chi connectivity index (χ4n) is 1.56. The number of carbonyl (C=O) groups is 1. The van der Waals surface area contributed by atoms with E-state index in [4.69, 9.17) is 5.73 Å². The quantitative estimate of drug-likeness (QED) is 0.882. The van der Waals surface area contributed by atoms with Gasteiger partial charge in [0.1, 0.15) is 5.69 Å². The molecule has 0 aromatic carbocycles. The van der Waals surface area contributed by atoms with Gasteiger partial charge in [-0.25, -0.2) is 0 Å². The van der Waals surface area contributed by atoms with E-state index in [1.807, 2.05) is 18.4 Å². The normalized spacial score (nSPS) is 10.3. The number of aryl methyl sites for hydroxylation is 1. The van der Waals surface area contributed by atoms with Gasteiger partial charge in [0.2, 0.25) is 0 Å². The van der Waals surface area contributed by atoms with Gasteiger partial charge in [-0.2, -0.15) is 0 Å². The molecule has 18 heavy (non-hydrogen) atoms. The monoisotopic (exact) mass is 261 g/mol. The molecule has 4 nitrogen and oxygen atoms in total. The van der Waals surface area contributed by atoms with Crippen LogP contribution in [0.25, 0.3) is 0 Å². The van der Waals surface area contributed by atoms with Crippen molar-refractivity contribution in [2.75, 3.05) is 0 Å². The number of aromatic nitrogens is 1. The summed E-state index contributed by atoms with van der Waals surface area (Å²) in [4.78, 5) is 17.1. The van der Waals surface area contributed by atoms with Crippen LogP contribution in [0.3, 0.4) is 0 Å². The van der Waals surface area contributed by atoms with Crippen molar-refractivity contribution < 1.29 is 4.79 Å². The number of nitrogens with one attached hydrogen (secondary N) is 1. The average Bonchev–Trinajstić information content (AvgIpc) is 2.81. The molecule has 0 bridgehead atoms. The van der Waals surface area contributed by atoms with E-state index in [1.54, 1.807) is 29.7 Å². The van der Waals surface area contributed by atoms with Crippen molar-refractivity contribution >= 4 is 17.2 Å². The first-order valence-corrected chi connectivity index (χ1v) is 6.55. The topological polar surface area (TPSA) is 68.0 Å². The smallest absolute Gasteiger partial charge is 0.270 e. The number of hydrogen-bond donors (Lipinski definition) is 2. The second-order valence-corrected chi connectivity index (χ2v) is 4.96. The molecule has 0 aliphatic heterocycles. The van der Waals surface area contributed by atoms with Crippen molar-refractivity contribution in [3.63, 3.8) is 0 Å². The fraction of sp³-hybridized carbons (Fsp3) is 0.231. The van der Waals surface area contributed by atoms with E-state index in [2.05, 4.69) is 10.3 Å². The maximum Gasteiger partial charge on any atom is 0.270 e. The summed E-state index contributed by atoms with van der Waals surface area (Å²) in [6.45, 7) is 2.98. The maximum atomic E-state index is 11.9. The van der Waals surface area contributed by atoms with Gasteiger partial charge in [-0.05, 0) is 41.6 Å². The summed E-state index contributed by atoms with van der Waals surface area (Å²) in [6.07, 6.45) is 1.60. The van der Waals surface area contributed by atoms with E-state index in [0.29, 0.717) is 18.8 Å². The largest absolute Gasteiger partial charge is 0.346 e. The minimum absolute atomic E-state index is 0.168. The van der Waals surface area contributed by atoms with E-state index >= 15 is 0 Å². The molecule has 0 aliphatic carbocycles. The van der Waals surface area contributed by atoms with E-state index in [9.17, 15) is 4.79 Å². The lowest BCUT2D eigenvalue weighted by Gasteiger charge is -2.05. The zero-order chi connectivity index (χ0) is 13.0. The zero-order valence-electron chi connectivity index (χ0n) is 10.1. The summed E-state index contributed by atoms with van der Waals surface area (Å²) in [7, 11) is 0. The van der Waals surface area contributed by atoms with E-state index < -0.39 is 0 Å². The molecule has 0 spiro atoms. The lowest BCUT2D eigenvalue weighted by atomic mass is 10.2. The van der Waals surface area contributed by atoms with Crippen LogP contribution in [-0.4, -0.2) is 10.9 Å². The van der Waals surface area contributed by atoms with Crippen molar-refractivity contribution in [1.82, 2.24) is 10.3 Å². The Morgan fingerprint density at radius 2 is 2.33 bits per heavy atom. The first kappa shape index (κ1) is 12.7. The number of pyridine rings is 1. The molecule has 0 radical (unpaired) electrons. The lowest BCUT2D eigenvalue weighted by Crippen LogP contribution is -2.23. The predicted molar refractivity (Wildman–Crippen MR) is 72.4 cm³/mol. The zero-order valence-corrected chi connectivity index (χ0v) is 11.0. The first-order valence-electron chi connectivity index (χ1n) is 5.67. The van der Waals surface area contributed by atoms with Crippen LogP contribution < -0.4 is 11.1 Å². The number of hydrogen-bond acceptors (Lipinski definition) is 4.